The van der Waals surface area contributed by atoms with E-state index in [1.54, 1.807) is 17.0 Å². The van der Waals surface area contributed by atoms with E-state index in [0.29, 0.717) is 34.1 Å². The molecule has 6 nitrogen and oxygen atoms in total. The van der Waals surface area contributed by atoms with Gasteiger partial charge in [-0.2, -0.15) is 0 Å². The molecule has 2 aliphatic heterocycles. The van der Waals surface area contributed by atoms with Gasteiger partial charge in [-0.15, -0.1) is 0 Å². The van der Waals surface area contributed by atoms with Crippen molar-refractivity contribution >= 4 is 34.5 Å². The Hall–Kier alpha value is -2.04. The third kappa shape index (κ3) is 3.56. The maximum atomic E-state index is 14.0. The summed E-state index contributed by atoms with van der Waals surface area (Å²) < 4.78 is 35.0. The summed E-state index contributed by atoms with van der Waals surface area (Å²) >= 11 is 1.94. The van der Waals surface area contributed by atoms with Gasteiger partial charge in [0.05, 0.1) is 31.7 Å². The first-order valence-corrected chi connectivity index (χ1v) is 9.60. The van der Waals surface area contributed by atoms with Gasteiger partial charge < -0.3 is 14.2 Å². The number of fused-ring (bicyclic) bond motifs is 2. The molecule has 3 heterocycles. The second kappa shape index (κ2) is 7.17. The first-order valence-electron chi connectivity index (χ1n) is 8.52. The van der Waals surface area contributed by atoms with Crippen molar-refractivity contribution in [3.8, 4) is 0 Å². The fourth-order valence-corrected chi connectivity index (χ4v) is 4.10. The van der Waals surface area contributed by atoms with Crippen molar-refractivity contribution in [1.29, 1.82) is 0 Å². The van der Waals surface area contributed by atoms with E-state index in [2.05, 4.69) is 4.98 Å². The lowest BCUT2D eigenvalue weighted by Gasteiger charge is -2.14. The van der Waals surface area contributed by atoms with Crippen LogP contribution in [-0.2, 0) is 35.5 Å². The van der Waals surface area contributed by atoms with Gasteiger partial charge >= 0.3 is 5.97 Å². The number of nitrogens with zero attached hydrogens (tertiary/aromatic N) is 3. The molecule has 142 valence electrons. The van der Waals surface area contributed by atoms with Crippen molar-refractivity contribution in [2.45, 2.75) is 32.1 Å². The van der Waals surface area contributed by atoms with Gasteiger partial charge in [-0.05, 0) is 34.7 Å². The van der Waals surface area contributed by atoms with Crippen LogP contribution in [0.25, 0.3) is 0 Å². The normalized spacial score (nSPS) is 18.0. The summed E-state index contributed by atoms with van der Waals surface area (Å²) in [7, 11) is 0. The third-order valence-electron chi connectivity index (χ3n) is 4.79. The lowest BCUT2D eigenvalue weighted by atomic mass is 10.1. The highest BCUT2D eigenvalue weighted by molar-refractivity contribution is 14.1. The minimum Gasteiger partial charge on any atom is -0.464 e. The van der Waals surface area contributed by atoms with Crippen molar-refractivity contribution in [1.82, 2.24) is 14.5 Å². The summed E-state index contributed by atoms with van der Waals surface area (Å²) in [6, 6.07) is 2.98. The number of rotatable bonds is 5. The topological polar surface area (TPSA) is 64.4 Å². The molecule has 0 saturated carbocycles. The second-order valence-electron chi connectivity index (χ2n) is 6.64. The number of hydrogen-bond donors (Lipinski definition) is 0. The van der Waals surface area contributed by atoms with Crippen LogP contribution in [0.3, 0.4) is 0 Å². The molecule has 4 rings (SSSR count). The highest BCUT2D eigenvalue weighted by Gasteiger charge is 2.32. The van der Waals surface area contributed by atoms with Gasteiger partial charge in [-0.25, -0.2) is 13.8 Å². The van der Waals surface area contributed by atoms with Crippen LogP contribution < -0.4 is 0 Å². The van der Waals surface area contributed by atoms with Gasteiger partial charge in [-0.1, -0.05) is 0 Å². The Morgan fingerprint density at radius 3 is 3.04 bits per heavy atom. The third-order valence-corrected chi connectivity index (χ3v) is 5.41. The summed E-state index contributed by atoms with van der Waals surface area (Å²) in [5.74, 6) is -1.38. The molecule has 0 bridgehead atoms. The number of aromatic nitrogens is 2. The lowest BCUT2D eigenvalue weighted by molar-refractivity contribution is -0.144. The van der Waals surface area contributed by atoms with Crippen molar-refractivity contribution in [2.75, 3.05) is 13.2 Å². The van der Waals surface area contributed by atoms with E-state index in [0.717, 1.165) is 11.4 Å². The summed E-state index contributed by atoms with van der Waals surface area (Å²) in [6.07, 6.45) is 1.42. The predicted octanol–water partition coefficient (Wildman–Crippen LogP) is 2.26. The summed E-state index contributed by atoms with van der Waals surface area (Å²) in [5, 5.41) is 0. The fourth-order valence-electron chi connectivity index (χ4n) is 3.52. The molecule has 1 aromatic heterocycles. The number of ether oxygens (including phenoxy) is 1. The van der Waals surface area contributed by atoms with E-state index in [-0.39, 0.29) is 25.6 Å². The zero-order chi connectivity index (χ0) is 19.1. The Morgan fingerprint density at radius 2 is 2.22 bits per heavy atom. The number of alkyl halides is 1. The molecule has 0 aliphatic carbocycles. The molecule has 27 heavy (non-hydrogen) atoms. The first-order chi connectivity index (χ1) is 12.9. The van der Waals surface area contributed by atoms with Gasteiger partial charge in [0.2, 0.25) is 0 Å². The maximum Gasteiger partial charge on any atom is 0.325 e. The molecule has 0 saturated heterocycles. The standard InChI is InChI=1S/C18H16F2IN3O3/c19-10-3-16-15(22-9-24(16)6-10)1-2-27-17(25)8-23-7-13-12(18(23)26)4-11(21)5-14(13)20/h4-5,9-10H,1-3,6-8H2/t10-/m1/s1. The Bertz CT molecular complexity index is 931. The smallest absolute Gasteiger partial charge is 0.325 e. The highest BCUT2D eigenvalue weighted by Crippen LogP contribution is 2.27. The van der Waals surface area contributed by atoms with Crippen molar-refractivity contribution in [2.24, 2.45) is 0 Å². The van der Waals surface area contributed by atoms with E-state index in [4.69, 9.17) is 4.74 Å². The minimum absolute atomic E-state index is 0.0540. The number of carbonyl (C=O) groups is 2. The summed E-state index contributed by atoms with van der Waals surface area (Å²) in [4.78, 5) is 29.9. The van der Waals surface area contributed by atoms with Gasteiger partial charge in [-0.3, -0.25) is 9.59 Å². The van der Waals surface area contributed by atoms with Crippen LogP contribution in [0.2, 0.25) is 0 Å². The van der Waals surface area contributed by atoms with Crippen molar-refractivity contribution in [3.05, 3.63) is 50.4 Å². The van der Waals surface area contributed by atoms with Crippen LogP contribution in [0.1, 0.15) is 27.3 Å². The minimum atomic E-state index is -0.893. The van der Waals surface area contributed by atoms with Gasteiger partial charge in [0.1, 0.15) is 18.5 Å². The number of esters is 1. The Labute approximate surface area is 167 Å². The molecule has 0 N–H and O–H groups in total. The van der Waals surface area contributed by atoms with Gasteiger partial charge in [0.15, 0.2) is 0 Å². The van der Waals surface area contributed by atoms with Crippen LogP contribution in [0.5, 0.6) is 0 Å². The van der Waals surface area contributed by atoms with Crippen LogP contribution >= 0.6 is 22.6 Å². The molecule has 1 atom stereocenters. The van der Waals surface area contributed by atoms with E-state index in [1.165, 1.54) is 11.0 Å². The number of imidazole rings is 1. The quantitative estimate of drug-likeness (QED) is 0.480. The van der Waals surface area contributed by atoms with Crippen LogP contribution in [0, 0.1) is 9.39 Å². The molecule has 1 aromatic carbocycles. The van der Waals surface area contributed by atoms with Crippen molar-refractivity contribution in [3.63, 3.8) is 0 Å². The van der Waals surface area contributed by atoms with Crippen molar-refractivity contribution < 1.29 is 23.1 Å². The Balaban J connectivity index is 1.31. The number of hydrogen-bond acceptors (Lipinski definition) is 4. The molecule has 2 aromatic rings. The number of carbonyl (C=O) groups excluding carboxylic acids is 2. The zero-order valence-electron chi connectivity index (χ0n) is 14.3. The molecule has 1 amide bonds. The largest absolute Gasteiger partial charge is 0.464 e. The lowest BCUT2D eigenvalue weighted by Crippen LogP contribution is -2.31. The van der Waals surface area contributed by atoms with Gasteiger partial charge in [0.25, 0.3) is 5.91 Å². The fraction of sp³-hybridized carbons (Fsp3) is 0.389. The molecule has 2 aliphatic rings. The molecule has 9 heteroatoms. The summed E-state index contributed by atoms with van der Waals surface area (Å²) in [5.41, 5.74) is 2.17. The monoisotopic (exact) mass is 487 g/mol. The SMILES string of the molecule is O=C(CN1Cc2c(F)cc(I)cc2C1=O)OCCc1ncn2c1C[C@@H](F)C2. The van der Waals surface area contributed by atoms with Crippen LogP contribution in [0.15, 0.2) is 18.5 Å². The van der Waals surface area contributed by atoms with E-state index in [9.17, 15) is 18.4 Å². The molecular weight excluding hydrogens is 471 g/mol. The predicted molar refractivity (Wildman–Crippen MR) is 99.3 cm³/mol. The van der Waals surface area contributed by atoms with Crippen LogP contribution in [-0.4, -0.2) is 45.7 Å². The van der Waals surface area contributed by atoms with E-state index in [1.807, 2.05) is 22.6 Å². The van der Waals surface area contributed by atoms with Gasteiger partial charge in [0, 0.05) is 33.2 Å². The summed E-state index contributed by atoms with van der Waals surface area (Å²) in [6.45, 7) is 0.228. The van der Waals surface area contributed by atoms with Crippen LogP contribution in [0.4, 0.5) is 8.78 Å². The average Bonchev–Trinajstić information content (AvgIpc) is 3.23. The Kier molecular flexibility index (Phi) is 4.87. The number of amides is 1. The number of halogens is 3. The number of benzene rings is 1. The molecule has 0 spiro atoms. The van der Waals surface area contributed by atoms with E-state index < -0.39 is 18.0 Å². The second-order valence-corrected chi connectivity index (χ2v) is 7.88. The maximum absolute atomic E-state index is 14.0. The molecular formula is C18H16F2IN3O3. The average molecular weight is 487 g/mol. The van der Waals surface area contributed by atoms with E-state index >= 15 is 0 Å². The molecule has 0 radical (unpaired) electrons. The zero-order valence-corrected chi connectivity index (χ0v) is 16.4. The first kappa shape index (κ1) is 18.3. The Morgan fingerprint density at radius 1 is 1.41 bits per heavy atom. The molecule has 0 fully saturated rings. The molecule has 0 unspecified atom stereocenters. The highest BCUT2D eigenvalue weighted by atomic mass is 127.